The van der Waals surface area contributed by atoms with Crippen molar-refractivity contribution in [1.29, 1.82) is 0 Å². The second-order valence-electron chi connectivity index (χ2n) is 9.62. The van der Waals surface area contributed by atoms with E-state index in [2.05, 4.69) is 20.7 Å². The monoisotopic (exact) mass is 492 g/mol. The minimum absolute atomic E-state index is 0.0430. The predicted octanol–water partition coefficient (Wildman–Crippen LogP) is 3.88. The van der Waals surface area contributed by atoms with Gasteiger partial charge in [0.1, 0.15) is 12.0 Å². The molecule has 3 rings (SSSR count). The van der Waals surface area contributed by atoms with Crippen LogP contribution < -0.4 is 5.32 Å². The molecule has 190 valence electrons. The topological polar surface area (TPSA) is 134 Å². The van der Waals surface area contributed by atoms with E-state index in [4.69, 9.17) is 4.74 Å². The van der Waals surface area contributed by atoms with Crippen molar-refractivity contribution >= 4 is 17.8 Å². The van der Waals surface area contributed by atoms with E-state index >= 15 is 0 Å². The standard InChI is InChI=1S/C27H32N4O5/c1-18(2)13-24(32)36-17-27(3,26(34)35)15-22(29-25(33)23-16-28-31-30-23)14-19-9-11-21(12-10-19)20-7-5-4-6-8-20/h4-12,16,18,22H,13-15,17H2,1-3H3,(H,29,33)(H,34,35)(H,28,30,31). The van der Waals surface area contributed by atoms with Crippen molar-refractivity contribution in [3.05, 3.63) is 72.1 Å². The first kappa shape index (κ1) is 26.6. The van der Waals surface area contributed by atoms with Gasteiger partial charge in [-0.2, -0.15) is 15.4 Å². The molecule has 0 saturated carbocycles. The molecular weight excluding hydrogens is 460 g/mol. The van der Waals surface area contributed by atoms with Gasteiger partial charge in [0.25, 0.3) is 5.91 Å². The Morgan fingerprint density at radius 3 is 2.31 bits per heavy atom. The Balaban J connectivity index is 1.78. The van der Waals surface area contributed by atoms with Gasteiger partial charge in [0.05, 0.1) is 6.20 Å². The largest absolute Gasteiger partial charge is 0.481 e. The van der Waals surface area contributed by atoms with Crippen LogP contribution in [-0.4, -0.2) is 51.0 Å². The summed E-state index contributed by atoms with van der Waals surface area (Å²) in [5, 5.41) is 22.7. The first-order valence-corrected chi connectivity index (χ1v) is 11.9. The van der Waals surface area contributed by atoms with Gasteiger partial charge >= 0.3 is 11.9 Å². The fraction of sp³-hybridized carbons (Fsp3) is 0.370. The number of aliphatic carboxylic acids is 1. The summed E-state index contributed by atoms with van der Waals surface area (Å²) >= 11 is 0. The molecule has 0 aliphatic carbocycles. The number of ether oxygens (including phenoxy) is 1. The van der Waals surface area contributed by atoms with Crippen molar-refractivity contribution in [2.75, 3.05) is 6.61 Å². The number of esters is 1. The maximum atomic E-state index is 12.7. The zero-order valence-electron chi connectivity index (χ0n) is 20.7. The predicted molar refractivity (Wildman–Crippen MR) is 134 cm³/mol. The second kappa shape index (κ2) is 12.1. The van der Waals surface area contributed by atoms with Crippen LogP contribution in [0.4, 0.5) is 0 Å². The maximum Gasteiger partial charge on any atom is 0.312 e. The van der Waals surface area contributed by atoms with Crippen LogP contribution in [0.15, 0.2) is 60.8 Å². The van der Waals surface area contributed by atoms with Gasteiger partial charge in [-0.3, -0.25) is 14.4 Å². The van der Waals surface area contributed by atoms with Gasteiger partial charge in [-0.05, 0) is 42.4 Å². The van der Waals surface area contributed by atoms with Crippen molar-refractivity contribution in [1.82, 2.24) is 20.7 Å². The van der Waals surface area contributed by atoms with E-state index in [1.54, 1.807) is 0 Å². The Bertz CT molecular complexity index is 1150. The average Bonchev–Trinajstić information content (AvgIpc) is 3.39. The van der Waals surface area contributed by atoms with Gasteiger partial charge in [-0.1, -0.05) is 68.4 Å². The number of carboxylic acids is 1. The van der Waals surface area contributed by atoms with E-state index in [1.165, 1.54) is 13.1 Å². The Morgan fingerprint density at radius 1 is 1.06 bits per heavy atom. The third-order valence-corrected chi connectivity index (χ3v) is 5.87. The number of carboxylic acid groups (broad SMARTS) is 1. The highest BCUT2D eigenvalue weighted by Gasteiger charge is 2.38. The molecule has 9 nitrogen and oxygen atoms in total. The van der Waals surface area contributed by atoms with Crippen LogP contribution in [0.5, 0.6) is 0 Å². The van der Waals surface area contributed by atoms with Crippen molar-refractivity contribution in [3.8, 4) is 11.1 Å². The van der Waals surface area contributed by atoms with Crippen LogP contribution in [0.25, 0.3) is 11.1 Å². The summed E-state index contributed by atoms with van der Waals surface area (Å²) < 4.78 is 5.31. The first-order chi connectivity index (χ1) is 17.2. The fourth-order valence-corrected chi connectivity index (χ4v) is 3.88. The number of carbonyl (C=O) groups excluding carboxylic acids is 2. The fourth-order valence-electron chi connectivity index (χ4n) is 3.88. The molecule has 0 aliphatic rings. The number of nitrogens with one attached hydrogen (secondary N) is 2. The average molecular weight is 493 g/mol. The molecule has 0 spiro atoms. The number of aromatic amines is 1. The minimum atomic E-state index is -1.40. The second-order valence-corrected chi connectivity index (χ2v) is 9.62. The molecule has 1 aromatic heterocycles. The highest BCUT2D eigenvalue weighted by molar-refractivity contribution is 5.92. The summed E-state index contributed by atoms with van der Waals surface area (Å²) in [7, 11) is 0. The molecule has 0 bridgehead atoms. The Kier molecular flexibility index (Phi) is 8.94. The van der Waals surface area contributed by atoms with E-state index in [-0.39, 0.29) is 31.1 Å². The zero-order chi connectivity index (χ0) is 26.1. The molecule has 0 radical (unpaired) electrons. The van der Waals surface area contributed by atoms with Crippen molar-refractivity contribution in [2.45, 2.75) is 46.1 Å². The van der Waals surface area contributed by atoms with Crippen molar-refractivity contribution < 1.29 is 24.2 Å². The van der Waals surface area contributed by atoms with Gasteiger partial charge in [-0.15, -0.1) is 0 Å². The Labute approximate surface area is 210 Å². The lowest BCUT2D eigenvalue weighted by Gasteiger charge is -2.30. The van der Waals surface area contributed by atoms with Crippen molar-refractivity contribution in [3.63, 3.8) is 0 Å². The summed E-state index contributed by atoms with van der Waals surface area (Å²) in [5.74, 6) is -1.93. The van der Waals surface area contributed by atoms with E-state index in [1.807, 2.05) is 68.4 Å². The molecule has 2 unspecified atom stereocenters. The molecule has 0 saturated heterocycles. The number of H-pyrrole nitrogens is 1. The number of hydrogen-bond acceptors (Lipinski definition) is 6. The summed E-state index contributed by atoms with van der Waals surface area (Å²) in [4.78, 5) is 37.0. The summed E-state index contributed by atoms with van der Waals surface area (Å²) in [5.41, 5.74) is 1.75. The van der Waals surface area contributed by atoms with E-state index in [9.17, 15) is 19.5 Å². The maximum absolute atomic E-state index is 12.7. The van der Waals surface area contributed by atoms with Gasteiger partial charge in [0.2, 0.25) is 0 Å². The van der Waals surface area contributed by atoms with E-state index in [0.717, 1.165) is 16.7 Å². The molecule has 2 aromatic carbocycles. The summed E-state index contributed by atoms with van der Waals surface area (Å²) in [6.45, 7) is 5.00. The molecule has 1 amide bonds. The van der Waals surface area contributed by atoms with Crippen LogP contribution >= 0.6 is 0 Å². The Morgan fingerprint density at radius 2 is 1.72 bits per heavy atom. The molecule has 9 heteroatoms. The number of aromatic nitrogens is 3. The van der Waals surface area contributed by atoms with Crippen LogP contribution in [0, 0.1) is 11.3 Å². The molecule has 2 atom stereocenters. The van der Waals surface area contributed by atoms with Crippen LogP contribution in [0.3, 0.4) is 0 Å². The van der Waals surface area contributed by atoms with E-state index in [0.29, 0.717) is 6.42 Å². The van der Waals surface area contributed by atoms with Crippen LogP contribution in [-0.2, 0) is 20.7 Å². The molecule has 36 heavy (non-hydrogen) atoms. The molecule has 3 aromatic rings. The molecule has 3 N–H and O–H groups in total. The number of rotatable bonds is 12. The Hall–Kier alpha value is -4.01. The summed E-state index contributed by atoms with van der Waals surface area (Å²) in [6, 6.07) is 17.3. The van der Waals surface area contributed by atoms with Gasteiger partial charge < -0.3 is 15.2 Å². The minimum Gasteiger partial charge on any atom is -0.481 e. The number of hydrogen-bond donors (Lipinski definition) is 3. The highest BCUT2D eigenvalue weighted by atomic mass is 16.5. The number of carbonyl (C=O) groups is 3. The molecule has 0 fully saturated rings. The van der Waals surface area contributed by atoms with Gasteiger partial charge in [0.15, 0.2) is 5.69 Å². The van der Waals surface area contributed by atoms with Crippen molar-refractivity contribution in [2.24, 2.45) is 11.3 Å². The summed E-state index contributed by atoms with van der Waals surface area (Å²) in [6.07, 6.45) is 1.92. The highest BCUT2D eigenvalue weighted by Crippen LogP contribution is 2.27. The molecule has 0 aliphatic heterocycles. The lowest BCUT2D eigenvalue weighted by atomic mass is 9.82. The zero-order valence-corrected chi connectivity index (χ0v) is 20.7. The number of benzene rings is 2. The van der Waals surface area contributed by atoms with E-state index < -0.39 is 29.3 Å². The lowest BCUT2D eigenvalue weighted by Crippen LogP contribution is -2.45. The van der Waals surface area contributed by atoms with Crippen LogP contribution in [0.1, 0.15) is 49.7 Å². The number of nitrogens with zero attached hydrogens (tertiary/aromatic N) is 2. The third kappa shape index (κ3) is 7.49. The SMILES string of the molecule is CC(C)CC(=O)OCC(C)(CC(Cc1ccc(-c2ccccc2)cc1)NC(=O)c1cn[nH]n1)C(=O)O. The molecule has 1 heterocycles. The number of amides is 1. The van der Waals surface area contributed by atoms with Gasteiger partial charge in [-0.25, -0.2) is 0 Å². The van der Waals surface area contributed by atoms with Crippen LogP contribution in [0.2, 0.25) is 0 Å². The smallest absolute Gasteiger partial charge is 0.312 e. The first-order valence-electron chi connectivity index (χ1n) is 11.9. The normalized spacial score (nSPS) is 13.6. The lowest BCUT2D eigenvalue weighted by molar-refractivity contribution is -0.159. The quantitative estimate of drug-likeness (QED) is 0.327. The molecular formula is C27H32N4O5. The third-order valence-electron chi connectivity index (χ3n) is 5.87. The van der Waals surface area contributed by atoms with Gasteiger partial charge in [0, 0.05) is 12.5 Å².